The van der Waals surface area contributed by atoms with E-state index in [2.05, 4.69) is 15.3 Å². The summed E-state index contributed by atoms with van der Waals surface area (Å²) in [6, 6.07) is 10.00. The highest BCUT2D eigenvalue weighted by atomic mass is 15.5. The number of aromatic nitrogens is 2. The van der Waals surface area contributed by atoms with Crippen LogP contribution in [0.15, 0.2) is 42.9 Å². The molecular formula is C11H11N5. The van der Waals surface area contributed by atoms with E-state index in [9.17, 15) is 0 Å². The fourth-order valence-electron chi connectivity index (χ4n) is 1.84. The molecule has 1 aromatic carbocycles. The van der Waals surface area contributed by atoms with Crippen LogP contribution in [0.3, 0.4) is 0 Å². The van der Waals surface area contributed by atoms with Gasteiger partial charge in [0.1, 0.15) is 18.2 Å². The van der Waals surface area contributed by atoms with Crippen molar-refractivity contribution in [1.29, 1.82) is 0 Å². The first-order chi connectivity index (χ1) is 7.86. The van der Waals surface area contributed by atoms with Gasteiger partial charge in [-0.15, -0.1) is 0 Å². The molecule has 16 heavy (non-hydrogen) atoms. The van der Waals surface area contributed by atoms with Gasteiger partial charge in [-0.3, -0.25) is 5.01 Å². The highest BCUT2D eigenvalue weighted by molar-refractivity contribution is 5.71. The summed E-state index contributed by atoms with van der Waals surface area (Å²) in [5.41, 5.74) is 1.92. The number of benzene rings is 1. The van der Waals surface area contributed by atoms with E-state index in [1.165, 1.54) is 6.33 Å². The molecule has 80 valence electrons. The maximum Gasteiger partial charge on any atom is 0.156 e. The van der Waals surface area contributed by atoms with E-state index in [-0.39, 0.29) is 6.17 Å². The Balaban J connectivity index is 1.99. The molecule has 5 heteroatoms. The van der Waals surface area contributed by atoms with Crippen molar-refractivity contribution < 1.29 is 0 Å². The Labute approximate surface area is 92.9 Å². The van der Waals surface area contributed by atoms with Crippen LogP contribution in [0.1, 0.15) is 11.7 Å². The number of nitrogens with two attached hydrogens (primary N) is 1. The molecule has 3 rings (SSSR count). The van der Waals surface area contributed by atoms with Gasteiger partial charge in [0.05, 0.1) is 6.20 Å². The summed E-state index contributed by atoms with van der Waals surface area (Å²) in [5.74, 6) is 6.78. The van der Waals surface area contributed by atoms with E-state index < -0.39 is 0 Å². The van der Waals surface area contributed by atoms with E-state index in [0.29, 0.717) is 0 Å². The Bertz CT molecular complexity index is 499. The lowest BCUT2D eigenvalue weighted by Crippen LogP contribution is -2.34. The number of nitrogens with zero attached hydrogens (tertiary/aromatic N) is 3. The van der Waals surface area contributed by atoms with Gasteiger partial charge in [0.25, 0.3) is 0 Å². The summed E-state index contributed by atoms with van der Waals surface area (Å²) in [4.78, 5) is 8.10. The lowest BCUT2D eigenvalue weighted by atomic mass is 10.2. The zero-order valence-electron chi connectivity index (χ0n) is 8.54. The van der Waals surface area contributed by atoms with Crippen LogP contribution in [-0.2, 0) is 0 Å². The average Bonchev–Trinajstić information content (AvgIpc) is 2.69. The first-order valence-corrected chi connectivity index (χ1v) is 5.01. The highest BCUT2D eigenvalue weighted by Gasteiger charge is 2.28. The Morgan fingerprint density at radius 1 is 1.25 bits per heavy atom. The molecule has 0 fully saturated rings. The summed E-state index contributed by atoms with van der Waals surface area (Å²) in [7, 11) is 0. The lowest BCUT2D eigenvalue weighted by Gasteiger charge is -2.20. The molecule has 0 saturated carbocycles. The van der Waals surface area contributed by atoms with Gasteiger partial charge in [-0.05, 0) is 5.56 Å². The van der Waals surface area contributed by atoms with Gasteiger partial charge >= 0.3 is 0 Å². The van der Waals surface area contributed by atoms with Crippen LogP contribution in [0.4, 0.5) is 11.5 Å². The first kappa shape index (κ1) is 9.11. The second kappa shape index (κ2) is 3.46. The van der Waals surface area contributed by atoms with Crippen LogP contribution < -0.4 is 16.2 Å². The van der Waals surface area contributed by atoms with Crippen molar-refractivity contribution in [2.45, 2.75) is 6.17 Å². The molecule has 5 nitrogen and oxygen atoms in total. The highest BCUT2D eigenvalue weighted by Crippen LogP contribution is 2.35. The predicted molar refractivity (Wildman–Crippen MR) is 61.5 cm³/mol. The van der Waals surface area contributed by atoms with Crippen LogP contribution >= 0.6 is 0 Å². The number of hydrazine groups is 1. The molecule has 1 unspecified atom stereocenters. The molecule has 0 spiro atoms. The van der Waals surface area contributed by atoms with Crippen molar-refractivity contribution >= 4 is 11.5 Å². The van der Waals surface area contributed by atoms with E-state index in [1.54, 1.807) is 11.2 Å². The second-order valence-electron chi connectivity index (χ2n) is 3.62. The molecule has 1 aliphatic heterocycles. The van der Waals surface area contributed by atoms with Crippen LogP contribution in [0.2, 0.25) is 0 Å². The number of anilines is 2. The topological polar surface area (TPSA) is 67.1 Å². The van der Waals surface area contributed by atoms with Crippen LogP contribution in [0.5, 0.6) is 0 Å². The Kier molecular flexibility index (Phi) is 1.97. The zero-order valence-corrected chi connectivity index (χ0v) is 8.54. The molecule has 0 aliphatic carbocycles. The molecule has 3 N–H and O–H groups in total. The molecule has 0 bridgehead atoms. The number of nitrogens with one attached hydrogen (secondary N) is 1. The Morgan fingerprint density at radius 3 is 2.81 bits per heavy atom. The van der Waals surface area contributed by atoms with Crippen molar-refractivity contribution in [3.8, 4) is 0 Å². The summed E-state index contributed by atoms with van der Waals surface area (Å²) in [6.45, 7) is 0. The fraction of sp³-hybridized carbons (Fsp3) is 0.0909. The van der Waals surface area contributed by atoms with Gasteiger partial charge in [0.2, 0.25) is 0 Å². The molecule has 0 saturated heterocycles. The zero-order chi connectivity index (χ0) is 11.0. The molecule has 2 aromatic rings. The van der Waals surface area contributed by atoms with E-state index in [0.717, 1.165) is 17.1 Å². The molecule has 2 heterocycles. The SMILES string of the molecule is NN1c2cncnc2NC1c1ccccc1. The molecular weight excluding hydrogens is 202 g/mol. The summed E-state index contributed by atoms with van der Waals surface area (Å²) in [5, 5.41) is 4.89. The van der Waals surface area contributed by atoms with Crippen molar-refractivity contribution in [2.24, 2.45) is 5.84 Å². The van der Waals surface area contributed by atoms with Crippen LogP contribution in [0.25, 0.3) is 0 Å². The van der Waals surface area contributed by atoms with Crippen molar-refractivity contribution in [1.82, 2.24) is 9.97 Å². The van der Waals surface area contributed by atoms with E-state index in [4.69, 9.17) is 5.84 Å². The third-order valence-corrected chi connectivity index (χ3v) is 2.64. The quantitative estimate of drug-likeness (QED) is 0.698. The normalized spacial score (nSPS) is 18.1. The molecule has 0 amide bonds. The lowest BCUT2D eigenvalue weighted by molar-refractivity contribution is 0.744. The largest absolute Gasteiger partial charge is 0.343 e. The average molecular weight is 213 g/mol. The number of fused-ring (bicyclic) bond motifs is 1. The van der Waals surface area contributed by atoms with Crippen molar-refractivity contribution in [3.05, 3.63) is 48.4 Å². The second-order valence-corrected chi connectivity index (χ2v) is 3.62. The maximum atomic E-state index is 6.01. The third-order valence-electron chi connectivity index (χ3n) is 2.64. The smallest absolute Gasteiger partial charge is 0.156 e. The standard InChI is InChI=1S/C11H11N5/c12-16-9-6-13-7-14-10(9)15-11(16)8-4-2-1-3-5-8/h1-7,11H,12H2,(H,13,14,15). The van der Waals surface area contributed by atoms with Crippen LogP contribution in [0, 0.1) is 0 Å². The molecule has 0 radical (unpaired) electrons. The van der Waals surface area contributed by atoms with Gasteiger partial charge in [0, 0.05) is 0 Å². The van der Waals surface area contributed by atoms with E-state index in [1.807, 2.05) is 30.3 Å². The van der Waals surface area contributed by atoms with Crippen molar-refractivity contribution in [3.63, 3.8) is 0 Å². The summed E-state index contributed by atoms with van der Waals surface area (Å²) >= 11 is 0. The monoisotopic (exact) mass is 213 g/mol. The third kappa shape index (κ3) is 1.30. The minimum absolute atomic E-state index is 0.0760. The Hall–Kier alpha value is -2.14. The molecule has 1 aliphatic rings. The predicted octanol–water partition coefficient (Wildman–Crippen LogP) is 1.28. The van der Waals surface area contributed by atoms with Crippen LogP contribution in [-0.4, -0.2) is 9.97 Å². The summed E-state index contributed by atoms with van der Waals surface area (Å²) in [6.07, 6.45) is 3.14. The van der Waals surface area contributed by atoms with Gasteiger partial charge in [0.15, 0.2) is 5.82 Å². The van der Waals surface area contributed by atoms with Gasteiger partial charge < -0.3 is 5.32 Å². The van der Waals surface area contributed by atoms with Gasteiger partial charge in [-0.25, -0.2) is 15.8 Å². The minimum atomic E-state index is -0.0760. The molecule has 1 atom stereocenters. The van der Waals surface area contributed by atoms with Crippen molar-refractivity contribution in [2.75, 3.05) is 10.3 Å². The Morgan fingerprint density at radius 2 is 2.06 bits per heavy atom. The fourth-order valence-corrected chi connectivity index (χ4v) is 1.84. The number of hydrogen-bond acceptors (Lipinski definition) is 5. The van der Waals surface area contributed by atoms with Gasteiger partial charge in [-0.2, -0.15) is 0 Å². The van der Waals surface area contributed by atoms with E-state index >= 15 is 0 Å². The summed E-state index contributed by atoms with van der Waals surface area (Å²) < 4.78 is 0. The number of rotatable bonds is 1. The molecule has 1 aromatic heterocycles. The maximum absolute atomic E-state index is 6.01. The first-order valence-electron chi connectivity index (χ1n) is 5.01. The van der Waals surface area contributed by atoms with Gasteiger partial charge in [-0.1, -0.05) is 30.3 Å². The number of hydrogen-bond donors (Lipinski definition) is 2. The minimum Gasteiger partial charge on any atom is -0.343 e.